The van der Waals surface area contributed by atoms with Crippen molar-refractivity contribution >= 4 is 21.7 Å². The van der Waals surface area contributed by atoms with Crippen molar-refractivity contribution in [3.63, 3.8) is 0 Å². The summed E-state index contributed by atoms with van der Waals surface area (Å²) in [5.41, 5.74) is 3.96. The minimum atomic E-state index is 0.751. The molecular weight excluding hydrogens is 310 g/mol. The van der Waals surface area contributed by atoms with Crippen LogP contribution >= 0.6 is 0 Å². The smallest absolute Gasteiger partial charge is 0.145 e. The van der Waals surface area contributed by atoms with E-state index in [-0.39, 0.29) is 0 Å². The van der Waals surface area contributed by atoms with E-state index in [1.165, 1.54) is 10.8 Å². The van der Waals surface area contributed by atoms with E-state index in [2.05, 4.69) is 55.5 Å². The summed E-state index contributed by atoms with van der Waals surface area (Å²) in [7, 11) is 3.35. The molecule has 1 heterocycles. The van der Waals surface area contributed by atoms with Gasteiger partial charge < -0.3 is 9.47 Å². The molecule has 0 saturated carbocycles. The van der Waals surface area contributed by atoms with Crippen molar-refractivity contribution in [3.05, 3.63) is 66.2 Å². The summed E-state index contributed by atoms with van der Waals surface area (Å²) in [6.45, 7) is 2.08. The first-order valence-corrected chi connectivity index (χ1v) is 8.23. The topological polar surface area (TPSA) is 31.4 Å². The largest absolute Gasteiger partial charge is 0.496 e. The van der Waals surface area contributed by atoms with Gasteiger partial charge in [-0.25, -0.2) is 4.98 Å². The number of aromatic nitrogens is 1. The first-order valence-electron chi connectivity index (χ1n) is 8.23. The predicted molar refractivity (Wildman–Crippen MR) is 103 cm³/mol. The first kappa shape index (κ1) is 15.5. The van der Waals surface area contributed by atoms with E-state index >= 15 is 0 Å². The molecule has 0 fully saturated rings. The molecule has 124 valence electrons. The van der Waals surface area contributed by atoms with Gasteiger partial charge in [-0.2, -0.15) is 0 Å². The van der Waals surface area contributed by atoms with Crippen molar-refractivity contribution in [3.8, 4) is 22.8 Å². The first-order chi connectivity index (χ1) is 12.2. The number of hydrogen-bond acceptors (Lipinski definition) is 3. The Morgan fingerprint density at radius 1 is 0.760 bits per heavy atom. The van der Waals surface area contributed by atoms with Crippen LogP contribution in [0.4, 0.5) is 0 Å². The van der Waals surface area contributed by atoms with Crippen molar-refractivity contribution in [2.75, 3.05) is 14.2 Å². The third-order valence-corrected chi connectivity index (χ3v) is 4.57. The molecular formula is C22H19NO2. The summed E-state index contributed by atoms with van der Waals surface area (Å²) >= 11 is 0. The van der Waals surface area contributed by atoms with Crippen molar-refractivity contribution < 1.29 is 9.47 Å². The molecule has 0 radical (unpaired) electrons. The minimum Gasteiger partial charge on any atom is -0.496 e. The fraction of sp³-hybridized carbons (Fsp3) is 0.136. The number of nitrogens with zero attached hydrogens (tertiary/aromatic N) is 1. The summed E-state index contributed by atoms with van der Waals surface area (Å²) in [4.78, 5) is 4.89. The summed E-state index contributed by atoms with van der Waals surface area (Å²) in [5, 5.41) is 3.42. The fourth-order valence-electron chi connectivity index (χ4n) is 3.31. The Bertz CT molecular complexity index is 1090. The molecule has 0 bridgehead atoms. The molecule has 3 aromatic carbocycles. The Morgan fingerprint density at radius 2 is 1.48 bits per heavy atom. The number of rotatable bonds is 3. The van der Waals surface area contributed by atoms with Crippen LogP contribution < -0.4 is 9.47 Å². The van der Waals surface area contributed by atoms with Gasteiger partial charge in [0.2, 0.25) is 0 Å². The number of pyridine rings is 1. The van der Waals surface area contributed by atoms with Crippen LogP contribution in [0.2, 0.25) is 0 Å². The van der Waals surface area contributed by atoms with Crippen LogP contribution in [-0.2, 0) is 0 Å². The van der Waals surface area contributed by atoms with Crippen LogP contribution in [0.1, 0.15) is 5.56 Å². The van der Waals surface area contributed by atoms with E-state index in [0.717, 1.165) is 39.2 Å². The molecule has 0 amide bonds. The second-order valence-corrected chi connectivity index (χ2v) is 6.08. The summed E-state index contributed by atoms with van der Waals surface area (Å²) in [5.74, 6) is 1.56. The lowest BCUT2D eigenvalue weighted by Crippen LogP contribution is -1.95. The summed E-state index contributed by atoms with van der Waals surface area (Å²) in [6, 6.07) is 20.7. The molecule has 0 unspecified atom stereocenters. The average molecular weight is 329 g/mol. The molecule has 0 N–H and O–H groups in total. The molecule has 1 aromatic heterocycles. The maximum Gasteiger partial charge on any atom is 0.145 e. The van der Waals surface area contributed by atoms with E-state index in [9.17, 15) is 0 Å². The molecule has 3 nitrogen and oxygen atoms in total. The van der Waals surface area contributed by atoms with Gasteiger partial charge in [-0.15, -0.1) is 0 Å². The van der Waals surface area contributed by atoms with E-state index in [1.54, 1.807) is 14.2 Å². The van der Waals surface area contributed by atoms with E-state index in [0.29, 0.717) is 0 Å². The Labute approximate surface area is 146 Å². The molecule has 3 heteroatoms. The highest BCUT2D eigenvalue weighted by Crippen LogP contribution is 2.36. The van der Waals surface area contributed by atoms with Gasteiger partial charge in [0.05, 0.1) is 19.9 Å². The monoisotopic (exact) mass is 329 g/mol. The third-order valence-electron chi connectivity index (χ3n) is 4.57. The average Bonchev–Trinajstić information content (AvgIpc) is 2.66. The van der Waals surface area contributed by atoms with Crippen LogP contribution in [0.5, 0.6) is 11.5 Å². The standard InChI is InChI=1S/C22H19NO2/c1-14-12-18(17-9-8-15-6-4-5-7-16(15)13-17)23-22-20(25-3)11-10-19(24-2)21(14)22/h4-13H,1-3H3. The molecule has 0 saturated heterocycles. The lowest BCUT2D eigenvalue weighted by atomic mass is 10.0. The van der Waals surface area contributed by atoms with Gasteiger partial charge in [0.15, 0.2) is 0 Å². The van der Waals surface area contributed by atoms with Crippen LogP contribution in [-0.4, -0.2) is 19.2 Å². The Balaban J connectivity index is 1.98. The third kappa shape index (κ3) is 2.58. The highest BCUT2D eigenvalue weighted by atomic mass is 16.5. The van der Waals surface area contributed by atoms with E-state index < -0.39 is 0 Å². The lowest BCUT2D eigenvalue weighted by Gasteiger charge is -2.13. The summed E-state index contributed by atoms with van der Waals surface area (Å²) < 4.78 is 11.0. The molecule has 0 aliphatic rings. The highest BCUT2D eigenvalue weighted by Gasteiger charge is 2.13. The van der Waals surface area contributed by atoms with Crippen molar-refractivity contribution in [1.82, 2.24) is 4.98 Å². The highest BCUT2D eigenvalue weighted by molar-refractivity contribution is 5.95. The van der Waals surface area contributed by atoms with Crippen molar-refractivity contribution in [2.45, 2.75) is 6.92 Å². The molecule has 0 aliphatic heterocycles. The molecule has 4 aromatic rings. The number of methoxy groups -OCH3 is 2. The van der Waals surface area contributed by atoms with Crippen molar-refractivity contribution in [1.29, 1.82) is 0 Å². The van der Waals surface area contributed by atoms with Crippen LogP contribution in [0.15, 0.2) is 60.7 Å². The molecule has 0 atom stereocenters. The van der Waals surface area contributed by atoms with Crippen LogP contribution in [0, 0.1) is 6.92 Å². The second kappa shape index (κ2) is 6.10. The van der Waals surface area contributed by atoms with Crippen LogP contribution in [0.3, 0.4) is 0 Å². The van der Waals surface area contributed by atoms with Crippen LogP contribution in [0.25, 0.3) is 32.9 Å². The maximum absolute atomic E-state index is 5.53. The number of ether oxygens (including phenoxy) is 2. The Morgan fingerprint density at radius 3 is 2.24 bits per heavy atom. The number of hydrogen-bond donors (Lipinski definition) is 0. The quantitative estimate of drug-likeness (QED) is 0.505. The Hall–Kier alpha value is -3.07. The zero-order valence-corrected chi connectivity index (χ0v) is 14.5. The number of aryl methyl sites for hydroxylation is 1. The SMILES string of the molecule is COc1ccc(OC)c2c(C)cc(-c3ccc4ccccc4c3)nc12. The lowest BCUT2D eigenvalue weighted by molar-refractivity contribution is 0.409. The van der Waals surface area contributed by atoms with Gasteiger partial charge in [-0.05, 0) is 47.5 Å². The fourth-order valence-corrected chi connectivity index (χ4v) is 3.31. The van der Waals surface area contributed by atoms with E-state index in [1.807, 2.05) is 12.1 Å². The zero-order valence-electron chi connectivity index (χ0n) is 14.5. The van der Waals surface area contributed by atoms with Gasteiger partial charge in [-0.1, -0.05) is 36.4 Å². The Kier molecular flexibility index (Phi) is 3.77. The van der Waals surface area contributed by atoms with Gasteiger partial charge in [-0.3, -0.25) is 0 Å². The number of benzene rings is 3. The van der Waals surface area contributed by atoms with Gasteiger partial charge in [0.25, 0.3) is 0 Å². The molecule has 25 heavy (non-hydrogen) atoms. The minimum absolute atomic E-state index is 0.751. The molecule has 0 aliphatic carbocycles. The molecule has 0 spiro atoms. The van der Waals surface area contributed by atoms with Gasteiger partial charge in [0, 0.05) is 10.9 Å². The van der Waals surface area contributed by atoms with Crippen molar-refractivity contribution in [2.24, 2.45) is 0 Å². The maximum atomic E-state index is 5.53. The normalized spacial score (nSPS) is 11.0. The van der Waals surface area contributed by atoms with Gasteiger partial charge >= 0.3 is 0 Å². The van der Waals surface area contributed by atoms with E-state index in [4.69, 9.17) is 14.5 Å². The summed E-state index contributed by atoms with van der Waals surface area (Å²) in [6.07, 6.45) is 0. The number of fused-ring (bicyclic) bond motifs is 2. The second-order valence-electron chi connectivity index (χ2n) is 6.08. The zero-order chi connectivity index (χ0) is 17.4. The van der Waals surface area contributed by atoms with Gasteiger partial charge in [0.1, 0.15) is 17.0 Å². The molecule has 4 rings (SSSR count). The predicted octanol–water partition coefficient (Wildman–Crippen LogP) is 5.38.